The van der Waals surface area contributed by atoms with E-state index in [0.717, 1.165) is 24.1 Å². The predicted molar refractivity (Wildman–Crippen MR) is 85.0 cm³/mol. The van der Waals surface area contributed by atoms with E-state index in [-0.39, 0.29) is 11.7 Å². The first-order valence-corrected chi connectivity index (χ1v) is 7.66. The molecule has 0 bridgehead atoms. The minimum Gasteiger partial charge on any atom is -0.356 e. The Morgan fingerprint density at radius 2 is 2.14 bits per heavy atom. The highest BCUT2D eigenvalue weighted by Crippen LogP contribution is 2.27. The summed E-state index contributed by atoms with van der Waals surface area (Å²) >= 11 is 0. The molecule has 0 aliphatic carbocycles. The van der Waals surface area contributed by atoms with Gasteiger partial charge in [-0.15, -0.1) is 0 Å². The van der Waals surface area contributed by atoms with Gasteiger partial charge < -0.3 is 10.2 Å². The molecule has 5 heteroatoms. The summed E-state index contributed by atoms with van der Waals surface area (Å²) in [5, 5.41) is 2.77. The highest BCUT2D eigenvalue weighted by Gasteiger charge is 2.19. The van der Waals surface area contributed by atoms with Crippen molar-refractivity contribution >= 4 is 23.8 Å². The third kappa shape index (κ3) is 3.93. The molecule has 2 rings (SSSR count). The molecule has 1 aromatic carbocycles. The standard InChI is InChI=1S/C17H22N2O3/c1-12(2)9-17(22)18-7-5-16(21)14-3-4-15-13(10-14)6-8-19(15)11-20/h3-4,10-12H,5-9H2,1-2H3,(H,18,22). The molecular weight excluding hydrogens is 280 g/mol. The Morgan fingerprint density at radius 1 is 1.36 bits per heavy atom. The molecule has 1 aliphatic heterocycles. The Labute approximate surface area is 130 Å². The SMILES string of the molecule is CC(C)CC(=O)NCCC(=O)c1ccc2c(c1)CCN2C=O. The average molecular weight is 302 g/mol. The zero-order valence-electron chi connectivity index (χ0n) is 13.1. The fourth-order valence-corrected chi connectivity index (χ4v) is 2.61. The predicted octanol–water partition coefficient (Wildman–Crippen LogP) is 1.94. The number of amides is 2. The molecule has 0 atom stereocenters. The number of Topliss-reactive ketones (excluding diaryl/α,β-unsaturated/α-hetero) is 1. The molecule has 0 unspecified atom stereocenters. The van der Waals surface area contributed by atoms with Gasteiger partial charge in [0.2, 0.25) is 12.3 Å². The highest BCUT2D eigenvalue weighted by molar-refractivity contribution is 5.97. The number of nitrogens with one attached hydrogen (secondary N) is 1. The molecule has 22 heavy (non-hydrogen) atoms. The number of carbonyl (C=O) groups is 3. The average Bonchev–Trinajstić information content (AvgIpc) is 2.88. The second kappa shape index (κ2) is 7.20. The maximum absolute atomic E-state index is 12.2. The van der Waals surface area contributed by atoms with Crippen molar-refractivity contribution in [3.8, 4) is 0 Å². The summed E-state index contributed by atoms with van der Waals surface area (Å²) < 4.78 is 0. The van der Waals surface area contributed by atoms with Gasteiger partial charge >= 0.3 is 0 Å². The van der Waals surface area contributed by atoms with E-state index in [2.05, 4.69) is 5.32 Å². The van der Waals surface area contributed by atoms with Crippen molar-refractivity contribution in [2.75, 3.05) is 18.0 Å². The zero-order chi connectivity index (χ0) is 16.1. The van der Waals surface area contributed by atoms with Crippen molar-refractivity contribution in [3.05, 3.63) is 29.3 Å². The van der Waals surface area contributed by atoms with Crippen LogP contribution in [0.15, 0.2) is 18.2 Å². The molecule has 0 fully saturated rings. The molecule has 0 aromatic heterocycles. The lowest BCUT2D eigenvalue weighted by Crippen LogP contribution is -2.27. The molecule has 1 aliphatic rings. The highest BCUT2D eigenvalue weighted by atomic mass is 16.2. The van der Waals surface area contributed by atoms with Crippen molar-refractivity contribution in [1.29, 1.82) is 0 Å². The van der Waals surface area contributed by atoms with E-state index in [1.165, 1.54) is 0 Å². The number of hydrogen-bond donors (Lipinski definition) is 1. The Bertz CT molecular complexity index is 581. The van der Waals surface area contributed by atoms with Gasteiger partial charge in [-0.05, 0) is 36.1 Å². The van der Waals surface area contributed by atoms with Gasteiger partial charge in [-0.25, -0.2) is 0 Å². The number of nitrogens with zero attached hydrogens (tertiary/aromatic N) is 1. The molecule has 0 saturated carbocycles. The van der Waals surface area contributed by atoms with E-state index in [9.17, 15) is 14.4 Å². The number of carbonyl (C=O) groups excluding carboxylic acids is 3. The summed E-state index contributed by atoms with van der Waals surface area (Å²) in [5.74, 6) is 0.309. The second-order valence-corrected chi connectivity index (χ2v) is 6.01. The van der Waals surface area contributed by atoms with Gasteiger partial charge in [0.05, 0.1) is 0 Å². The number of anilines is 1. The molecule has 1 N–H and O–H groups in total. The third-order valence-corrected chi connectivity index (χ3v) is 3.73. The zero-order valence-corrected chi connectivity index (χ0v) is 13.1. The molecule has 2 amide bonds. The van der Waals surface area contributed by atoms with Gasteiger partial charge in [0.25, 0.3) is 0 Å². The quantitative estimate of drug-likeness (QED) is 0.618. The van der Waals surface area contributed by atoms with Gasteiger partial charge in [0.15, 0.2) is 5.78 Å². The van der Waals surface area contributed by atoms with Crippen molar-refractivity contribution in [1.82, 2.24) is 5.32 Å². The molecule has 0 saturated heterocycles. The van der Waals surface area contributed by atoms with E-state index < -0.39 is 0 Å². The lowest BCUT2D eigenvalue weighted by molar-refractivity contribution is -0.121. The van der Waals surface area contributed by atoms with E-state index >= 15 is 0 Å². The maximum Gasteiger partial charge on any atom is 0.220 e. The molecular formula is C17H22N2O3. The molecule has 1 aromatic rings. The fourth-order valence-electron chi connectivity index (χ4n) is 2.61. The van der Waals surface area contributed by atoms with E-state index in [1.54, 1.807) is 11.0 Å². The lowest BCUT2D eigenvalue weighted by atomic mass is 10.0. The van der Waals surface area contributed by atoms with Gasteiger partial charge in [0.1, 0.15) is 0 Å². The monoisotopic (exact) mass is 302 g/mol. The smallest absolute Gasteiger partial charge is 0.220 e. The molecule has 1 heterocycles. The summed E-state index contributed by atoms with van der Waals surface area (Å²) in [6.07, 6.45) is 2.37. The minimum atomic E-state index is -0.0154. The number of benzene rings is 1. The van der Waals surface area contributed by atoms with Crippen molar-refractivity contribution < 1.29 is 14.4 Å². The lowest BCUT2D eigenvalue weighted by Gasteiger charge is -2.10. The maximum atomic E-state index is 12.2. The van der Waals surface area contributed by atoms with Crippen LogP contribution in [0.1, 0.15) is 42.6 Å². The summed E-state index contributed by atoms with van der Waals surface area (Å²) in [6.45, 7) is 5.00. The first-order chi connectivity index (χ1) is 10.5. The Balaban J connectivity index is 1.89. The summed E-state index contributed by atoms with van der Waals surface area (Å²) in [7, 11) is 0. The number of fused-ring (bicyclic) bond motifs is 1. The first kappa shape index (κ1) is 16.2. The molecule has 0 radical (unpaired) electrons. The van der Waals surface area contributed by atoms with Crippen LogP contribution in [-0.2, 0) is 16.0 Å². The van der Waals surface area contributed by atoms with Gasteiger partial charge in [-0.3, -0.25) is 14.4 Å². The van der Waals surface area contributed by atoms with Crippen LogP contribution in [0.3, 0.4) is 0 Å². The third-order valence-electron chi connectivity index (χ3n) is 3.73. The van der Waals surface area contributed by atoms with Crippen LogP contribution in [0.25, 0.3) is 0 Å². The van der Waals surface area contributed by atoms with Gasteiger partial charge in [-0.2, -0.15) is 0 Å². The van der Waals surface area contributed by atoms with Gasteiger partial charge in [-0.1, -0.05) is 13.8 Å². The normalized spacial score (nSPS) is 13.1. The van der Waals surface area contributed by atoms with Gasteiger partial charge in [0, 0.05) is 37.2 Å². The van der Waals surface area contributed by atoms with Crippen LogP contribution < -0.4 is 10.2 Å². The summed E-state index contributed by atoms with van der Waals surface area (Å²) in [4.78, 5) is 36.2. The largest absolute Gasteiger partial charge is 0.356 e. The fraction of sp³-hybridized carbons (Fsp3) is 0.471. The van der Waals surface area contributed by atoms with E-state index in [4.69, 9.17) is 0 Å². The van der Waals surface area contributed by atoms with Crippen molar-refractivity contribution in [2.24, 2.45) is 5.92 Å². The van der Waals surface area contributed by atoms with Crippen LogP contribution in [0, 0.1) is 5.92 Å². The Hall–Kier alpha value is -2.17. The first-order valence-electron chi connectivity index (χ1n) is 7.66. The minimum absolute atomic E-state index is 0.0113. The Morgan fingerprint density at radius 3 is 2.82 bits per heavy atom. The van der Waals surface area contributed by atoms with Crippen LogP contribution in [0.4, 0.5) is 5.69 Å². The van der Waals surface area contributed by atoms with Crippen LogP contribution in [0.2, 0.25) is 0 Å². The van der Waals surface area contributed by atoms with Crippen LogP contribution in [-0.4, -0.2) is 31.2 Å². The molecule has 0 spiro atoms. The van der Waals surface area contributed by atoms with E-state index in [1.807, 2.05) is 26.0 Å². The number of ketones is 1. The molecule has 118 valence electrons. The summed E-state index contributed by atoms with van der Waals surface area (Å²) in [6, 6.07) is 5.43. The number of rotatable bonds is 7. The number of hydrogen-bond acceptors (Lipinski definition) is 3. The van der Waals surface area contributed by atoms with Crippen LogP contribution in [0.5, 0.6) is 0 Å². The summed E-state index contributed by atoms with van der Waals surface area (Å²) in [5.41, 5.74) is 2.56. The van der Waals surface area contributed by atoms with Crippen molar-refractivity contribution in [2.45, 2.75) is 33.1 Å². The van der Waals surface area contributed by atoms with E-state index in [0.29, 0.717) is 37.4 Å². The topological polar surface area (TPSA) is 66.5 Å². The molecule has 5 nitrogen and oxygen atoms in total. The Kier molecular flexibility index (Phi) is 5.31. The second-order valence-electron chi connectivity index (χ2n) is 6.01. The van der Waals surface area contributed by atoms with Crippen LogP contribution >= 0.6 is 0 Å². The van der Waals surface area contributed by atoms with Crippen molar-refractivity contribution in [3.63, 3.8) is 0 Å².